The highest BCUT2D eigenvalue weighted by Crippen LogP contribution is 2.29. The summed E-state index contributed by atoms with van der Waals surface area (Å²) in [5, 5.41) is 4.72. The molecule has 7 nitrogen and oxygen atoms in total. The van der Waals surface area contributed by atoms with Gasteiger partial charge in [-0.25, -0.2) is 8.42 Å². The van der Waals surface area contributed by atoms with Gasteiger partial charge in [0.25, 0.3) is 15.9 Å². The number of amides is 1. The molecule has 1 amide bonds. The van der Waals surface area contributed by atoms with Gasteiger partial charge < -0.3 is 14.8 Å². The Morgan fingerprint density at radius 1 is 1.11 bits per heavy atom. The minimum atomic E-state index is -3.44. The zero-order chi connectivity index (χ0) is 19.4. The van der Waals surface area contributed by atoms with E-state index in [4.69, 9.17) is 9.47 Å². The highest BCUT2D eigenvalue weighted by molar-refractivity contribution is 7.91. The second-order valence-electron chi connectivity index (χ2n) is 6.12. The lowest BCUT2D eigenvalue weighted by Crippen LogP contribution is -2.46. The maximum Gasteiger partial charge on any atom is 0.259 e. The fourth-order valence-corrected chi connectivity index (χ4v) is 5.72. The first kappa shape index (κ1) is 19.7. The van der Waals surface area contributed by atoms with Gasteiger partial charge in [-0.3, -0.25) is 4.79 Å². The molecule has 1 aliphatic heterocycles. The second-order valence-corrected chi connectivity index (χ2v) is 9.23. The van der Waals surface area contributed by atoms with Gasteiger partial charge in [-0.05, 0) is 36.4 Å². The van der Waals surface area contributed by atoms with Crippen LogP contribution in [0.15, 0.2) is 39.9 Å². The standard InChI is InChI=1S/C18H22N2O5S2/c1-24-14-5-3-6-15(25-2)17(14)18(21)19-13-8-10-20(11-9-13)27(22,23)16-7-4-12-26-16/h3-7,12-13H,8-11H2,1-2H3,(H,19,21). The Morgan fingerprint density at radius 3 is 2.26 bits per heavy atom. The number of carbonyl (C=O) groups excluding carboxylic acids is 1. The molecule has 0 aliphatic carbocycles. The Balaban J connectivity index is 1.66. The van der Waals surface area contributed by atoms with Crippen LogP contribution in [0.25, 0.3) is 0 Å². The third-order valence-electron chi connectivity index (χ3n) is 4.53. The largest absolute Gasteiger partial charge is 0.496 e. The van der Waals surface area contributed by atoms with E-state index in [0.717, 1.165) is 0 Å². The molecule has 146 valence electrons. The van der Waals surface area contributed by atoms with Gasteiger partial charge in [-0.1, -0.05) is 12.1 Å². The van der Waals surface area contributed by atoms with Crippen LogP contribution in [-0.2, 0) is 10.0 Å². The fraction of sp³-hybridized carbons (Fsp3) is 0.389. The fourth-order valence-electron chi connectivity index (χ4n) is 3.11. The molecule has 0 radical (unpaired) electrons. The molecule has 0 spiro atoms. The topological polar surface area (TPSA) is 84.9 Å². The molecule has 1 fully saturated rings. The van der Waals surface area contributed by atoms with E-state index in [1.165, 1.54) is 29.9 Å². The first-order valence-electron chi connectivity index (χ1n) is 8.53. The molecule has 0 bridgehead atoms. The van der Waals surface area contributed by atoms with Crippen LogP contribution in [0.2, 0.25) is 0 Å². The molecule has 1 aliphatic rings. The predicted molar refractivity (Wildman–Crippen MR) is 103 cm³/mol. The van der Waals surface area contributed by atoms with E-state index in [0.29, 0.717) is 47.2 Å². The summed E-state index contributed by atoms with van der Waals surface area (Å²) in [6, 6.07) is 8.39. The van der Waals surface area contributed by atoms with Crippen molar-refractivity contribution in [1.82, 2.24) is 9.62 Å². The van der Waals surface area contributed by atoms with E-state index in [2.05, 4.69) is 5.32 Å². The van der Waals surface area contributed by atoms with Crippen molar-refractivity contribution in [2.45, 2.75) is 23.1 Å². The Labute approximate surface area is 163 Å². The maximum atomic E-state index is 12.7. The molecule has 0 unspecified atom stereocenters. The number of carbonyl (C=O) groups is 1. The third-order valence-corrected chi connectivity index (χ3v) is 7.80. The average molecular weight is 411 g/mol. The lowest BCUT2D eigenvalue weighted by Gasteiger charge is -2.31. The third kappa shape index (κ3) is 4.10. The van der Waals surface area contributed by atoms with E-state index in [1.807, 2.05) is 0 Å². The van der Waals surface area contributed by atoms with Crippen molar-refractivity contribution in [2.24, 2.45) is 0 Å². The number of rotatable bonds is 6. The lowest BCUT2D eigenvalue weighted by molar-refractivity contribution is 0.0917. The number of thiophene rings is 1. The van der Waals surface area contributed by atoms with Crippen LogP contribution < -0.4 is 14.8 Å². The SMILES string of the molecule is COc1cccc(OC)c1C(=O)NC1CCN(S(=O)(=O)c2cccs2)CC1. The van der Waals surface area contributed by atoms with Gasteiger partial charge in [-0.2, -0.15) is 4.31 Å². The molecule has 0 atom stereocenters. The van der Waals surface area contributed by atoms with Crippen molar-refractivity contribution >= 4 is 27.3 Å². The zero-order valence-corrected chi connectivity index (χ0v) is 16.8. The Bertz CT molecular complexity index is 866. The van der Waals surface area contributed by atoms with Gasteiger partial charge >= 0.3 is 0 Å². The van der Waals surface area contributed by atoms with Gasteiger partial charge in [0, 0.05) is 19.1 Å². The summed E-state index contributed by atoms with van der Waals surface area (Å²) in [6.07, 6.45) is 1.10. The minimum absolute atomic E-state index is 0.109. The van der Waals surface area contributed by atoms with Gasteiger partial charge in [0.05, 0.1) is 14.2 Å². The number of nitrogens with zero attached hydrogens (tertiary/aromatic N) is 1. The highest BCUT2D eigenvalue weighted by atomic mass is 32.2. The van der Waals surface area contributed by atoms with Crippen LogP contribution in [-0.4, -0.2) is 52.0 Å². The van der Waals surface area contributed by atoms with Crippen LogP contribution >= 0.6 is 11.3 Å². The number of sulfonamides is 1. The molecule has 0 saturated carbocycles. The number of hydrogen-bond acceptors (Lipinski definition) is 6. The Kier molecular flexibility index (Phi) is 6.03. The smallest absolute Gasteiger partial charge is 0.259 e. The number of hydrogen-bond donors (Lipinski definition) is 1. The normalized spacial score (nSPS) is 16.1. The van der Waals surface area contributed by atoms with E-state index in [1.54, 1.807) is 35.7 Å². The summed E-state index contributed by atoms with van der Waals surface area (Å²) in [4.78, 5) is 12.7. The van der Waals surface area contributed by atoms with E-state index < -0.39 is 10.0 Å². The van der Waals surface area contributed by atoms with Gasteiger partial charge in [0.1, 0.15) is 21.3 Å². The Hall–Kier alpha value is -2.10. The summed E-state index contributed by atoms with van der Waals surface area (Å²) in [7, 11) is -0.446. The van der Waals surface area contributed by atoms with Crippen LogP contribution in [0.3, 0.4) is 0 Å². The molecular formula is C18H22N2O5S2. The van der Waals surface area contributed by atoms with Crippen LogP contribution in [0.1, 0.15) is 23.2 Å². The zero-order valence-electron chi connectivity index (χ0n) is 15.2. The van der Waals surface area contributed by atoms with Crippen molar-refractivity contribution in [3.05, 3.63) is 41.3 Å². The van der Waals surface area contributed by atoms with Crippen molar-refractivity contribution in [3.63, 3.8) is 0 Å². The highest BCUT2D eigenvalue weighted by Gasteiger charge is 2.31. The average Bonchev–Trinajstić information content (AvgIpc) is 3.23. The predicted octanol–water partition coefficient (Wildman–Crippen LogP) is 2.35. The monoisotopic (exact) mass is 410 g/mol. The first-order valence-corrected chi connectivity index (χ1v) is 10.8. The quantitative estimate of drug-likeness (QED) is 0.790. The first-order chi connectivity index (χ1) is 13.0. The molecule has 1 N–H and O–H groups in total. The van der Waals surface area contributed by atoms with Gasteiger partial charge in [-0.15, -0.1) is 11.3 Å². The second kappa shape index (κ2) is 8.28. The minimum Gasteiger partial charge on any atom is -0.496 e. The van der Waals surface area contributed by atoms with Gasteiger partial charge in [0.15, 0.2) is 0 Å². The number of piperidine rings is 1. The van der Waals surface area contributed by atoms with Gasteiger partial charge in [0.2, 0.25) is 0 Å². The molecule has 2 heterocycles. The van der Waals surface area contributed by atoms with Crippen molar-refractivity contribution in [2.75, 3.05) is 27.3 Å². The molecule has 27 heavy (non-hydrogen) atoms. The molecule has 2 aromatic rings. The summed E-state index contributed by atoms with van der Waals surface area (Å²) in [6.45, 7) is 0.739. The van der Waals surface area contributed by atoms with E-state index in [-0.39, 0.29) is 11.9 Å². The van der Waals surface area contributed by atoms with Crippen LogP contribution in [0.4, 0.5) is 0 Å². The van der Waals surface area contributed by atoms with E-state index in [9.17, 15) is 13.2 Å². The molecule has 1 aromatic heterocycles. The molecule has 3 rings (SSSR count). The maximum absolute atomic E-state index is 12.7. The summed E-state index contributed by atoms with van der Waals surface area (Å²) < 4.78 is 37.5. The van der Waals surface area contributed by atoms with Crippen LogP contribution in [0.5, 0.6) is 11.5 Å². The Morgan fingerprint density at radius 2 is 1.74 bits per heavy atom. The summed E-state index contributed by atoms with van der Waals surface area (Å²) in [5.41, 5.74) is 0.344. The lowest BCUT2D eigenvalue weighted by atomic mass is 10.1. The van der Waals surface area contributed by atoms with Crippen molar-refractivity contribution in [1.29, 1.82) is 0 Å². The molecular weight excluding hydrogens is 388 g/mol. The summed E-state index contributed by atoms with van der Waals surface area (Å²) >= 11 is 1.21. The summed E-state index contributed by atoms with van der Waals surface area (Å²) in [5.74, 6) is 0.581. The molecule has 1 saturated heterocycles. The molecule has 9 heteroatoms. The number of ether oxygens (including phenoxy) is 2. The number of nitrogens with one attached hydrogen (secondary N) is 1. The van der Waals surface area contributed by atoms with Crippen LogP contribution in [0, 0.1) is 0 Å². The molecule has 1 aromatic carbocycles. The van der Waals surface area contributed by atoms with Crippen molar-refractivity contribution in [3.8, 4) is 11.5 Å². The number of methoxy groups -OCH3 is 2. The van der Waals surface area contributed by atoms with Crippen molar-refractivity contribution < 1.29 is 22.7 Å². The number of benzene rings is 1. The van der Waals surface area contributed by atoms with E-state index >= 15 is 0 Å².